The van der Waals surface area contributed by atoms with Crippen molar-refractivity contribution in [3.05, 3.63) is 56.8 Å². The monoisotopic (exact) mass is 380 g/mol. The Morgan fingerprint density at radius 2 is 2.00 bits per heavy atom. The minimum atomic E-state index is -0.233. The Morgan fingerprint density at radius 3 is 2.71 bits per heavy atom. The summed E-state index contributed by atoms with van der Waals surface area (Å²) >= 11 is 10.9. The molecular weight excluding hydrogens is 372 g/mol. The van der Waals surface area contributed by atoms with Crippen molar-refractivity contribution >= 4 is 66.2 Å². The topological polar surface area (TPSA) is 55.1 Å². The number of nitrogens with one attached hydrogen (secondary N) is 1. The van der Waals surface area contributed by atoms with Gasteiger partial charge in [0.05, 0.1) is 10.7 Å². The van der Waals surface area contributed by atoms with Crippen molar-refractivity contribution in [1.82, 2.24) is 0 Å². The Labute approximate surface area is 138 Å². The van der Waals surface area contributed by atoms with E-state index in [-0.39, 0.29) is 5.91 Å². The Kier molecular flexibility index (Phi) is 3.89. The van der Waals surface area contributed by atoms with Crippen LogP contribution in [0.5, 0.6) is 0 Å². The van der Waals surface area contributed by atoms with Crippen LogP contribution in [-0.4, -0.2) is 5.91 Å². The van der Waals surface area contributed by atoms with Gasteiger partial charge in [-0.1, -0.05) is 39.7 Å². The van der Waals surface area contributed by atoms with Crippen molar-refractivity contribution in [3.63, 3.8) is 0 Å². The quantitative estimate of drug-likeness (QED) is 0.645. The van der Waals surface area contributed by atoms with Gasteiger partial charge >= 0.3 is 0 Å². The maximum Gasteiger partial charge on any atom is 0.267 e. The van der Waals surface area contributed by atoms with Gasteiger partial charge in [0, 0.05) is 20.2 Å². The van der Waals surface area contributed by atoms with Crippen LogP contribution in [0.3, 0.4) is 0 Å². The standard InChI is InChI=1S/C15H10BrClN2OS/c16-8-3-1-4-9(7-8)19-15(20)14-13(18)12-10(17)5-2-6-11(12)21-14/h1-7H,18H2,(H,19,20). The highest BCUT2D eigenvalue weighted by molar-refractivity contribution is 9.10. The van der Waals surface area contributed by atoms with Gasteiger partial charge in [0.15, 0.2) is 0 Å². The summed E-state index contributed by atoms with van der Waals surface area (Å²) in [5.74, 6) is -0.233. The summed E-state index contributed by atoms with van der Waals surface area (Å²) in [6.45, 7) is 0. The van der Waals surface area contributed by atoms with Gasteiger partial charge < -0.3 is 11.1 Å². The van der Waals surface area contributed by atoms with E-state index in [2.05, 4.69) is 21.2 Å². The van der Waals surface area contributed by atoms with Crippen molar-refractivity contribution in [3.8, 4) is 0 Å². The SMILES string of the molecule is Nc1c(C(=O)Nc2cccc(Br)c2)sc2cccc(Cl)c12. The van der Waals surface area contributed by atoms with E-state index < -0.39 is 0 Å². The highest BCUT2D eigenvalue weighted by atomic mass is 79.9. The number of benzene rings is 2. The molecule has 0 spiro atoms. The van der Waals surface area contributed by atoms with Gasteiger partial charge in [0.2, 0.25) is 0 Å². The van der Waals surface area contributed by atoms with Crippen LogP contribution >= 0.6 is 38.9 Å². The van der Waals surface area contributed by atoms with E-state index in [1.54, 1.807) is 6.07 Å². The number of nitrogen functional groups attached to an aromatic ring is 1. The van der Waals surface area contributed by atoms with Gasteiger partial charge in [0.1, 0.15) is 4.88 Å². The average molecular weight is 382 g/mol. The van der Waals surface area contributed by atoms with Gasteiger partial charge in [-0.3, -0.25) is 4.79 Å². The van der Waals surface area contributed by atoms with Crippen molar-refractivity contribution in [2.45, 2.75) is 0 Å². The molecular formula is C15H10BrClN2OS. The minimum Gasteiger partial charge on any atom is -0.397 e. The first-order valence-corrected chi connectivity index (χ1v) is 8.08. The molecule has 0 radical (unpaired) electrons. The smallest absolute Gasteiger partial charge is 0.267 e. The number of hydrogen-bond donors (Lipinski definition) is 2. The van der Waals surface area contributed by atoms with Gasteiger partial charge in [-0.2, -0.15) is 0 Å². The normalized spacial score (nSPS) is 10.8. The van der Waals surface area contributed by atoms with Gasteiger partial charge in [-0.25, -0.2) is 0 Å². The molecule has 0 saturated carbocycles. The molecule has 0 saturated heterocycles. The van der Waals surface area contributed by atoms with E-state index in [9.17, 15) is 4.79 Å². The fourth-order valence-electron chi connectivity index (χ4n) is 2.05. The second-order valence-electron chi connectivity index (χ2n) is 4.42. The molecule has 3 aromatic rings. The molecule has 106 valence electrons. The third-order valence-corrected chi connectivity index (χ3v) is 4.97. The number of amides is 1. The molecule has 0 atom stereocenters. The van der Waals surface area contributed by atoms with Crippen molar-refractivity contribution < 1.29 is 4.79 Å². The second kappa shape index (κ2) is 5.67. The Balaban J connectivity index is 1.99. The molecule has 1 heterocycles. The Bertz CT molecular complexity index is 847. The molecule has 3 N–H and O–H groups in total. The fraction of sp³-hybridized carbons (Fsp3) is 0. The number of carbonyl (C=O) groups excluding carboxylic acids is 1. The minimum absolute atomic E-state index is 0.233. The number of carbonyl (C=O) groups is 1. The van der Waals surface area contributed by atoms with E-state index in [1.165, 1.54) is 11.3 Å². The number of fused-ring (bicyclic) bond motifs is 1. The first-order chi connectivity index (χ1) is 10.1. The fourth-order valence-corrected chi connectivity index (χ4v) is 3.83. The van der Waals surface area contributed by atoms with Crippen LogP contribution in [0.2, 0.25) is 5.02 Å². The Hall–Kier alpha value is -1.56. The number of nitrogens with two attached hydrogens (primary N) is 1. The van der Waals surface area contributed by atoms with Crippen molar-refractivity contribution in [1.29, 1.82) is 0 Å². The summed E-state index contributed by atoms with van der Waals surface area (Å²) in [7, 11) is 0. The molecule has 0 fully saturated rings. The molecule has 3 nitrogen and oxygen atoms in total. The molecule has 1 aromatic heterocycles. The Morgan fingerprint density at radius 1 is 1.24 bits per heavy atom. The first-order valence-electron chi connectivity index (χ1n) is 6.09. The summed E-state index contributed by atoms with van der Waals surface area (Å²) in [5, 5.41) is 4.14. The number of halogens is 2. The lowest BCUT2D eigenvalue weighted by Gasteiger charge is -2.04. The molecule has 6 heteroatoms. The predicted molar refractivity (Wildman–Crippen MR) is 93.3 cm³/mol. The zero-order valence-electron chi connectivity index (χ0n) is 10.7. The average Bonchev–Trinajstić information content (AvgIpc) is 2.77. The lowest BCUT2D eigenvalue weighted by atomic mass is 10.2. The molecule has 2 aromatic carbocycles. The molecule has 0 aliphatic heterocycles. The van der Waals surface area contributed by atoms with Crippen LogP contribution in [0, 0.1) is 0 Å². The van der Waals surface area contributed by atoms with Gasteiger partial charge in [-0.05, 0) is 30.3 Å². The maximum atomic E-state index is 12.4. The molecule has 21 heavy (non-hydrogen) atoms. The molecule has 0 aliphatic carbocycles. The lowest BCUT2D eigenvalue weighted by Crippen LogP contribution is -2.11. The number of thiophene rings is 1. The summed E-state index contributed by atoms with van der Waals surface area (Å²) in [6.07, 6.45) is 0. The summed E-state index contributed by atoms with van der Waals surface area (Å²) in [6, 6.07) is 12.9. The molecule has 3 rings (SSSR count). The first kappa shape index (κ1) is 14.4. The van der Waals surface area contributed by atoms with E-state index in [4.69, 9.17) is 17.3 Å². The summed E-state index contributed by atoms with van der Waals surface area (Å²) in [5.41, 5.74) is 7.21. The van der Waals surface area contributed by atoms with Crippen LogP contribution in [0.25, 0.3) is 10.1 Å². The second-order valence-corrected chi connectivity index (χ2v) is 6.80. The van der Waals surface area contributed by atoms with E-state index in [0.717, 1.165) is 14.6 Å². The lowest BCUT2D eigenvalue weighted by molar-refractivity contribution is 0.103. The van der Waals surface area contributed by atoms with E-state index in [0.29, 0.717) is 21.3 Å². The molecule has 0 aliphatic rings. The zero-order valence-corrected chi connectivity index (χ0v) is 13.8. The molecule has 1 amide bonds. The van der Waals surface area contributed by atoms with E-state index in [1.807, 2.05) is 36.4 Å². The zero-order chi connectivity index (χ0) is 15.0. The highest BCUT2D eigenvalue weighted by Crippen LogP contribution is 2.38. The maximum absolute atomic E-state index is 12.4. The third kappa shape index (κ3) is 2.77. The molecule has 0 unspecified atom stereocenters. The van der Waals surface area contributed by atoms with Crippen LogP contribution in [0.15, 0.2) is 46.9 Å². The van der Waals surface area contributed by atoms with E-state index >= 15 is 0 Å². The predicted octanol–water partition coefficient (Wildman–Crippen LogP) is 5.15. The largest absolute Gasteiger partial charge is 0.397 e. The summed E-state index contributed by atoms with van der Waals surface area (Å²) in [4.78, 5) is 12.9. The van der Waals surface area contributed by atoms with Crippen LogP contribution in [0.1, 0.15) is 9.67 Å². The van der Waals surface area contributed by atoms with Crippen LogP contribution in [0.4, 0.5) is 11.4 Å². The third-order valence-electron chi connectivity index (χ3n) is 2.99. The van der Waals surface area contributed by atoms with Gasteiger partial charge in [0.25, 0.3) is 5.91 Å². The number of hydrogen-bond acceptors (Lipinski definition) is 3. The number of rotatable bonds is 2. The van der Waals surface area contributed by atoms with Crippen LogP contribution < -0.4 is 11.1 Å². The van der Waals surface area contributed by atoms with Crippen molar-refractivity contribution in [2.75, 3.05) is 11.1 Å². The summed E-state index contributed by atoms with van der Waals surface area (Å²) < 4.78 is 1.80. The number of anilines is 2. The molecule has 0 bridgehead atoms. The van der Waals surface area contributed by atoms with Crippen LogP contribution in [-0.2, 0) is 0 Å². The highest BCUT2D eigenvalue weighted by Gasteiger charge is 2.18. The van der Waals surface area contributed by atoms with Gasteiger partial charge in [-0.15, -0.1) is 11.3 Å². The van der Waals surface area contributed by atoms with Crippen molar-refractivity contribution in [2.24, 2.45) is 0 Å².